The molecule has 0 spiro atoms. The fourth-order valence-electron chi connectivity index (χ4n) is 7.67. The lowest BCUT2D eigenvalue weighted by Crippen LogP contribution is -2.52. The summed E-state index contributed by atoms with van der Waals surface area (Å²) in [5.74, 6) is 0.497. The summed E-state index contributed by atoms with van der Waals surface area (Å²) in [6.45, 7) is 5.58. The maximum atomic E-state index is 13.2. The number of imide groups is 1. The van der Waals surface area contributed by atoms with Crippen molar-refractivity contribution in [2.75, 3.05) is 81.7 Å². The highest BCUT2D eigenvalue weighted by molar-refractivity contribution is 6.33. The summed E-state index contributed by atoms with van der Waals surface area (Å²) in [7, 11) is 4.70. The van der Waals surface area contributed by atoms with Gasteiger partial charge in [-0.1, -0.05) is 17.7 Å². The van der Waals surface area contributed by atoms with Crippen LogP contribution >= 0.6 is 11.6 Å². The van der Waals surface area contributed by atoms with E-state index in [4.69, 9.17) is 26.1 Å². The Bertz CT molecular complexity index is 2270. The average molecular weight is 815 g/mol. The van der Waals surface area contributed by atoms with Crippen LogP contribution in [0.2, 0.25) is 5.02 Å². The summed E-state index contributed by atoms with van der Waals surface area (Å²) in [5.41, 5.74) is 2.24. The van der Waals surface area contributed by atoms with Crippen LogP contribution in [0.5, 0.6) is 11.5 Å². The molecule has 1 atom stereocenters. The van der Waals surface area contributed by atoms with E-state index in [2.05, 4.69) is 41.0 Å². The third-order valence-electron chi connectivity index (χ3n) is 10.9. The predicted octanol–water partition coefficient (Wildman–Crippen LogP) is 2.43. The van der Waals surface area contributed by atoms with Gasteiger partial charge in [0, 0.05) is 77.4 Å². The van der Waals surface area contributed by atoms with E-state index in [-0.39, 0.29) is 42.6 Å². The van der Waals surface area contributed by atoms with Crippen LogP contribution in [0.1, 0.15) is 36.0 Å². The number of carbonyl (C=O) groups excluding carboxylic acids is 4. The Balaban J connectivity index is 0.922. The Hall–Kier alpha value is -5.94. The molecule has 3 aliphatic rings. The number of aryl methyl sites for hydroxylation is 1. The maximum absolute atomic E-state index is 13.2. The zero-order valence-corrected chi connectivity index (χ0v) is 33.4. The SMILES string of the molecule is CNC(=O)COc1cc2cc(Nc3nc(N4CCN(CC5CCN(c6cccc(C(=O)NC7CCC(=O)NC7=O)c6OC)CC5)CC4)ncc3Cl)ccc2n(C)c1=O. The Kier molecular flexibility index (Phi) is 12.3. The first kappa shape index (κ1) is 40.3. The van der Waals surface area contributed by atoms with E-state index in [1.54, 1.807) is 32.5 Å². The monoisotopic (exact) mass is 814 g/mol. The summed E-state index contributed by atoms with van der Waals surface area (Å²) in [4.78, 5) is 77.7. The van der Waals surface area contributed by atoms with Crippen molar-refractivity contribution in [2.45, 2.75) is 31.7 Å². The smallest absolute Gasteiger partial charge is 0.293 e. The molecule has 3 saturated heterocycles. The van der Waals surface area contributed by atoms with Gasteiger partial charge in [0.05, 0.1) is 30.1 Å². The van der Waals surface area contributed by atoms with Crippen molar-refractivity contribution in [1.82, 2.24) is 35.4 Å². The molecule has 0 bridgehead atoms. The van der Waals surface area contributed by atoms with Gasteiger partial charge in [0.15, 0.2) is 23.9 Å². The van der Waals surface area contributed by atoms with Crippen LogP contribution in [-0.4, -0.2) is 116 Å². The second-order valence-electron chi connectivity index (χ2n) is 14.7. The van der Waals surface area contributed by atoms with Gasteiger partial charge >= 0.3 is 0 Å². The van der Waals surface area contributed by atoms with Gasteiger partial charge in [-0.05, 0) is 61.6 Å². The van der Waals surface area contributed by atoms with Crippen LogP contribution in [0.15, 0.2) is 53.5 Å². The van der Waals surface area contributed by atoms with E-state index in [0.29, 0.717) is 45.2 Å². The molecule has 4 N–H and O–H groups in total. The number of piperazine rings is 1. The van der Waals surface area contributed by atoms with E-state index in [1.807, 2.05) is 30.3 Å². The van der Waals surface area contributed by atoms with Crippen molar-refractivity contribution < 1.29 is 28.7 Å². The zero-order valence-electron chi connectivity index (χ0n) is 32.7. The number of ether oxygens (including phenoxy) is 2. The standard InChI is InChI=1S/C40H47ClN10O7/c1-42-34(53)23-58-32-20-25-19-26(7-9-30(25)48(2)39(32)56)44-36-28(41)21-43-40(47-36)51-17-15-49(16-18-51)22-24-11-13-50(14-12-24)31-6-4-5-27(35(31)57-3)37(54)45-29-8-10-33(52)46-38(29)55/h4-7,9,19-21,24,29H,8,10-18,22-23H2,1-3H3,(H,42,53)(H,45,54)(H,43,44,47)(H,46,52,55). The molecule has 0 saturated carbocycles. The number of hydrogen-bond donors (Lipinski definition) is 4. The lowest BCUT2D eigenvalue weighted by molar-refractivity contribution is -0.134. The van der Waals surface area contributed by atoms with Gasteiger partial charge in [-0.3, -0.25) is 34.2 Å². The number of methoxy groups -OCH3 is 1. The van der Waals surface area contributed by atoms with Crippen molar-refractivity contribution in [1.29, 1.82) is 0 Å². The normalized spacial score (nSPS) is 17.8. The summed E-state index contributed by atoms with van der Waals surface area (Å²) in [5, 5.41) is 11.9. The summed E-state index contributed by atoms with van der Waals surface area (Å²) in [6, 6.07) is 11.8. The molecular formula is C40H47ClN10O7. The first-order valence-electron chi connectivity index (χ1n) is 19.3. The maximum Gasteiger partial charge on any atom is 0.293 e. The fraction of sp³-hybridized carbons (Fsp3) is 0.425. The summed E-state index contributed by atoms with van der Waals surface area (Å²) in [6.07, 6.45) is 4.01. The van der Waals surface area contributed by atoms with Gasteiger partial charge in [0.25, 0.3) is 17.4 Å². The van der Waals surface area contributed by atoms with Gasteiger partial charge < -0.3 is 39.8 Å². The number of nitrogens with one attached hydrogen (secondary N) is 4. The Morgan fingerprint density at radius 3 is 2.48 bits per heavy atom. The third-order valence-corrected chi connectivity index (χ3v) is 11.2. The predicted molar refractivity (Wildman–Crippen MR) is 219 cm³/mol. The second kappa shape index (κ2) is 17.7. The lowest BCUT2D eigenvalue weighted by atomic mass is 9.95. The number of amides is 4. The molecule has 0 radical (unpaired) electrons. The number of fused-ring (bicyclic) bond motifs is 1. The number of nitrogens with zero attached hydrogens (tertiary/aromatic N) is 6. The topological polar surface area (TPSA) is 192 Å². The average Bonchev–Trinajstić information content (AvgIpc) is 3.23. The van der Waals surface area contributed by atoms with Crippen LogP contribution in [0.3, 0.4) is 0 Å². The van der Waals surface area contributed by atoms with Crippen LogP contribution in [0.25, 0.3) is 10.9 Å². The summed E-state index contributed by atoms with van der Waals surface area (Å²) < 4.78 is 12.7. The van der Waals surface area contributed by atoms with Crippen molar-refractivity contribution in [3.63, 3.8) is 0 Å². The number of piperidine rings is 2. The van der Waals surface area contributed by atoms with Crippen molar-refractivity contribution >= 4 is 69.3 Å². The highest BCUT2D eigenvalue weighted by Crippen LogP contribution is 2.35. The Labute approximate surface area is 340 Å². The quantitative estimate of drug-likeness (QED) is 0.153. The number of hydrogen-bond acceptors (Lipinski definition) is 13. The molecule has 18 heteroatoms. The van der Waals surface area contributed by atoms with Crippen molar-refractivity contribution in [3.05, 3.63) is 69.6 Å². The molecule has 2 aromatic carbocycles. The molecule has 2 aromatic heterocycles. The van der Waals surface area contributed by atoms with Crippen LogP contribution in [0, 0.1) is 5.92 Å². The van der Waals surface area contributed by atoms with Gasteiger partial charge in [-0.25, -0.2) is 4.98 Å². The first-order chi connectivity index (χ1) is 28.0. The van der Waals surface area contributed by atoms with Crippen LogP contribution in [-0.2, 0) is 21.4 Å². The number of rotatable bonds is 12. The van der Waals surface area contributed by atoms with E-state index < -0.39 is 17.9 Å². The highest BCUT2D eigenvalue weighted by atomic mass is 35.5. The van der Waals surface area contributed by atoms with E-state index in [1.165, 1.54) is 11.6 Å². The minimum Gasteiger partial charge on any atom is -0.494 e. The molecule has 1 unspecified atom stereocenters. The lowest BCUT2D eigenvalue weighted by Gasteiger charge is -2.39. The zero-order chi connectivity index (χ0) is 40.9. The molecule has 0 aliphatic carbocycles. The number of likely N-dealkylation sites (N-methyl/N-ethyl adjacent to an activating group) is 1. The minimum absolute atomic E-state index is 0.0720. The Morgan fingerprint density at radius 2 is 1.76 bits per heavy atom. The number of benzene rings is 2. The van der Waals surface area contributed by atoms with Gasteiger partial charge in [0.2, 0.25) is 17.8 Å². The second-order valence-corrected chi connectivity index (χ2v) is 15.1. The van der Waals surface area contributed by atoms with Crippen molar-refractivity contribution in [3.8, 4) is 11.5 Å². The van der Waals surface area contributed by atoms with E-state index in [0.717, 1.165) is 69.7 Å². The first-order valence-corrected chi connectivity index (χ1v) is 19.7. The largest absolute Gasteiger partial charge is 0.494 e. The number of pyridine rings is 1. The number of halogens is 1. The number of para-hydroxylation sites is 1. The molecule has 306 valence electrons. The van der Waals surface area contributed by atoms with Gasteiger partial charge in [0.1, 0.15) is 11.1 Å². The highest BCUT2D eigenvalue weighted by Gasteiger charge is 2.31. The molecule has 3 aliphatic heterocycles. The summed E-state index contributed by atoms with van der Waals surface area (Å²) >= 11 is 6.55. The number of aromatic nitrogens is 3. The van der Waals surface area contributed by atoms with Gasteiger partial charge in [-0.15, -0.1) is 0 Å². The van der Waals surface area contributed by atoms with Crippen LogP contribution in [0.4, 0.5) is 23.1 Å². The molecule has 4 amide bonds. The number of anilines is 4. The van der Waals surface area contributed by atoms with E-state index >= 15 is 0 Å². The molecular weight excluding hydrogens is 768 g/mol. The molecule has 3 fully saturated rings. The number of carbonyl (C=O) groups is 4. The molecule has 17 nitrogen and oxygen atoms in total. The van der Waals surface area contributed by atoms with Crippen molar-refractivity contribution in [2.24, 2.45) is 13.0 Å². The van der Waals surface area contributed by atoms with E-state index in [9.17, 15) is 24.0 Å². The molecule has 5 heterocycles. The van der Waals surface area contributed by atoms with Gasteiger partial charge in [-0.2, -0.15) is 4.98 Å². The Morgan fingerprint density at radius 1 is 0.983 bits per heavy atom. The van der Waals surface area contributed by atoms with Crippen LogP contribution < -0.4 is 46.1 Å². The fourth-order valence-corrected chi connectivity index (χ4v) is 7.81. The molecule has 4 aromatic rings. The third kappa shape index (κ3) is 8.95. The minimum atomic E-state index is -0.772. The molecule has 7 rings (SSSR count). The molecule has 58 heavy (non-hydrogen) atoms.